The number of carbonyl (C=O) groups excluding carboxylic acids is 1. The lowest BCUT2D eigenvalue weighted by molar-refractivity contribution is -0.129. The number of nitrogens with zero attached hydrogens (tertiary/aromatic N) is 4. The van der Waals surface area contributed by atoms with Crippen molar-refractivity contribution >= 4 is 5.91 Å². The van der Waals surface area contributed by atoms with E-state index in [1.165, 1.54) is 18.4 Å². The lowest BCUT2D eigenvalue weighted by Crippen LogP contribution is -2.36. The molecule has 2 aliphatic heterocycles. The summed E-state index contributed by atoms with van der Waals surface area (Å²) in [6.07, 6.45) is 6.25. The molecule has 2 aliphatic rings. The quantitative estimate of drug-likeness (QED) is 0.816. The Balaban J connectivity index is 1.54. The first-order valence-corrected chi connectivity index (χ1v) is 10.1. The van der Waals surface area contributed by atoms with Gasteiger partial charge in [-0.05, 0) is 37.1 Å². The number of amides is 1. The number of ether oxygens (including phenoxy) is 1. The van der Waals surface area contributed by atoms with Gasteiger partial charge in [0.25, 0.3) is 0 Å². The van der Waals surface area contributed by atoms with Crippen LogP contribution in [-0.4, -0.2) is 45.9 Å². The average molecular weight is 380 g/mol. The monoisotopic (exact) mass is 380 g/mol. The van der Waals surface area contributed by atoms with Gasteiger partial charge < -0.3 is 9.64 Å². The fraction of sp³-hybridized carbons (Fsp3) is 0.500. The van der Waals surface area contributed by atoms with E-state index in [0.29, 0.717) is 6.54 Å². The van der Waals surface area contributed by atoms with Crippen molar-refractivity contribution in [2.24, 2.45) is 0 Å². The number of benzene rings is 1. The molecule has 0 radical (unpaired) electrons. The number of likely N-dealkylation sites (tertiary alicyclic amines) is 1. The highest BCUT2D eigenvalue weighted by Gasteiger charge is 2.28. The summed E-state index contributed by atoms with van der Waals surface area (Å²) in [6, 6.07) is 8.53. The van der Waals surface area contributed by atoms with E-state index in [0.717, 1.165) is 55.3 Å². The van der Waals surface area contributed by atoms with Crippen molar-refractivity contribution in [3.05, 3.63) is 53.1 Å². The zero-order valence-corrected chi connectivity index (χ0v) is 16.7. The summed E-state index contributed by atoms with van der Waals surface area (Å²) in [6.45, 7) is 4.93. The first kappa shape index (κ1) is 18.9. The molecule has 3 heterocycles. The highest BCUT2D eigenvalue weighted by atomic mass is 16.5. The van der Waals surface area contributed by atoms with E-state index in [2.05, 4.69) is 17.0 Å². The van der Waals surface area contributed by atoms with Crippen molar-refractivity contribution in [2.75, 3.05) is 20.2 Å². The molecule has 1 fully saturated rings. The van der Waals surface area contributed by atoms with Gasteiger partial charge in [0.05, 0.1) is 18.8 Å². The molecule has 0 aliphatic carbocycles. The lowest BCUT2D eigenvalue weighted by atomic mass is 9.99. The average Bonchev–Trinajstić information content (AvgIpc) is 2.73. The minimum atomic E-state index is 0.117. The molecule has 0 bridgehead atoms. The molecular weight excluding hydrogens is 352 g/mol. The summed E-state index contributed by atoms with van der Waals surface area (Å²) < 4.78 is 5.37. The molecule has 28 heavy (non-hydrogen) atoms. The van der Waals surface area contributed by atoms with Gasteiger partial charge in [0.15, 0.2) is 0 Å². The maximum absolute atomic E-state index is 11.7. The third kappa shape index (κ3) is 4.02. The second-order valence-corrected chi connectivity index (χ2v) is 7.72. The minimum absolute atomic E-state index is 0.117. The van der Waals surface area contributed by atoms with Crippen LogP contribution in [0.4, 0.5) is 0 Å². The second-order valence-electron chi connectivity index (χ2n) is 7.72. The first-order valence-electron chi connectivity index (χ1n) is 10.1. The van der Waals surface area contributed by atoms with E-state index in [4.69, 9.17) is 14.7 Å². The molecule has 1 atom stereocenters. The van der Waals surface area contributed by atoms with Crippen molar-refractivity contribution in [2.45, 2.75) is 51.7 Å². The van der Waals surface area contributed by atoms with Crippen LogP contribution in [0, 0.1) is 0 Å². The summed E-state index contributed by atoms with van der Waals surface area (Å²) in [5.74, 6) is 1.94. The number of methoxy groups -OCH3 is 1. The van der Waals surface area contributed by atoms with Crippen LogP contribution in [0.3, 0.4) is 0 Å². The molecule has 6 heteroatoms. The minimum Gasteiger partial charge on any atom is -0.497 e. The lowest BCUT2D eigenvalue weighted by Gasteiger charge is -2.35. The highest BCUT2D eigenvalue weighted by molar-refractivity contribution is 5.73. The molecule has 148 valence electrons. The second kappa shape index (κ2) is 8.27. The zero-order chi connectivity index (χ0) is 19.5. The van der Waals surface area contributed by atoms with Gasteiger partial charge in [-0.25, -0.2) is 9.97 Å². The smallest absolute Gasteiger partial charge is 0.219 e. The van der Waals surface area contributed by atoms with Crippen molar-refractivity contribution in [3.63, 3.8) is 0 Å². The first-order chi connectivity index (χ1) is 13.6. The molecular formula is C22H28N4O2. The molecule has 0 saturated carbocycles. The maximum atomic E-state index is 11.7. The maximum Gasteiger partial charge on any atom is 0.219 e. The Kier molecular flexibility index (Phi) is 5.57. The predicted octanol–water partition coefficient (Wildman–Crippen LogP) is 3.12. The Hall–Kier alpha value is -2.47. The predicted molar refractivity (Wildman–Crippen MR) is 107 cm³/mol. The summed E-state index contributed by atoms with van der Waals surface area (Å²) in [7, 11) is 1.71. The van der Waals surface area contributed by atoms with E-state index in [1.807, 2.05) is 23.2 Å². The summed E-state index contributed by atoms with van der Waals surface area (Å²) in [5, 5.41) is 0. The van der Waals surface area contributed by atoms with Crippen LogP contribution in [-0.2, 0) is 24.3 Å². The number of hydrogen-bond donors (Lipinski definition) is 0. The van der Waals surface area contributed by atoms with Gasteiger partial charge in [0, 0.05) is 44.7 Å². The van der Waals surface area contributed by atoms with Gasteiger partial charge in [0.2, 0.25) is 5.91 Å². The largest absolute Gasteiger partial charge is 0.497 e. The molecule has 1 aromatic carbocycles. The molecule has 0 unspecified atom stereocenters. The Morgan fingerprint density at radius 2 is 2.18 bits per heavy atom. The van der Waals surface area contributed by atoms with Crippen LogP contribution < -0.4 is 4.74 Å². The van der Waals surface area contributed by atoms with Gasteiger partial charge in [-0.15, -0.1) is 0 Å². The Morgan fingerprint density at radius 3 is 3.00 bits per heavy atom. The topological polar surface area (TPSA) is 58.6 Å². The molecule has 0 spiro atoms. The van der Waals surface area contributed by atoms with Crippen molar-refractivity contribution < 1.29 is 9.53 Å². The standard InChI is InChI=1S/C22H28N4O2/c1-16(27)25-11-9-20-18(15-25)13-23-22(24-20)21-8-3-4-10-26(21)14-17-6-5-7-19(12-17)28-2/h5-7,12-13,21H,3-4,8-11,14-15H2,1-2H3/t21-/m0/s1. The summed E-state index contributed by atoms with van der Waals surface area (Å²) in [5.41, 5.74) is 3.44. The van der Waals surface area contributed by atoms with E-state index in [-0.39, 0.29) is 11.9 Å². The van der Waals surface area contributed by atoms with Crippen LogP contribution in [0.1, 0.15) is 54.9 Å². The molecule has 0 N–H and O–H groups in total. The van der Waals surface area contributed by atoms with Gasteiger partial charge >= 0.3 is 0 Å². The van der Waals surface area contributed by atoms with Crippen LogP contribution in [0.15, 0.2) is 30.5 Å². The molecule has 1 amide bonds. The number of rotatable bonds is 4. The number of piperidine rings is 1. The fourth-order valence-corrected chi connectivity index (χ4v) is 4.24. The van der Waals surface area contributed by atoms with E-state index in [1.54, 1.807) is 14.0 Å². The molecule has 1 aromatic heterocycles. The van der Waals surface area contributed by atoms with E-state index < -0.39 is 0 Å². The number of aromatic nitrogens is 2. The normalized spacial score (nSPS) is 19.9. The summed E-state index contributed by atoms with van der Waals surface area (Å²) >= 11 is 0. The fourth-order valence-electron chi connectivity index (χ4n) is 4.24. The van der Waals surface area contributed by atoms with Gasteiger partial charge in [-0.3, -0.25) is 9.69 Å². The van der Waals surface area contributed by atoms with E-state index in [9.17, 15) is 4.79 Å². The third-order valence-electron chi connectivity index (χ3n) is 5.83. The van der Waals surface area contributed by atoms with Gasteiger partial charge in [-0.2, -0.15) is 0 Å². The van der Waals surface area contributed by atoms with Crippen LogP contribution >= 0.6 is 0 Å². The van der Waals surface area contributed by atoms with Crippen LogP contribution in [0.2, 0.25) is 0 Å². The third-order valence-corrected chi connectivity index (χ3v) is 5.83. The Morgan fingerprint density at radius 1 is 1.29 bits per heavy atom. The molecule has 1 saturated heterocycles. The molecule has 2 aromatic rings. The number of carbonyl (C=O) groups is 1. The SMILES string of the molecule is COc1cccc(CN2CCCC[C@H]2c2ncc3c(n2)CCN(C(C)=O)C3)c1. The zero-order valence-electron chi connectivity index (χ0n) is 16.7. The highest BCUT2D eigenvalue weighted by Crippen LogP contribution is 2.31. The Bertz CT molecular complexity index is 854. The van der Waals surface area contributed by atoms with Gasteiger partial charge in [-0.1, -0.05) is 18.6 Å². The van der Waals surface area contributed by atoms with Crippen molar-refractivity contribution in [1.29, 1.82) is 0 Å². The van der Waals surface area contributed by atoms with Crippen LogP contribution in [0.5, 0.6) is 5.75 Å². The summed E-state index contributed by atoms with van der Waals surface area (Å²) in [4.78, 5) is 25.7. The Labute approximate surface area is 166 Å². The number of fused-ring (bicyclic) bond motifs is 1. The van der Waals surface area contributed by atoms with Gasteiger partial charge in [0.1, 0.15) is 11.6 Å². The number of hydrogen-bond acceptors (Lipinski definition) is 5. The van der Waals surface area contributed by atoms with Crippen LogP contribution in [0.25, 0.3) is 0 Å². The van der Waals surface area contributed by atoms with E-state index >= 15 is 0 Å². The molecule has 4 rings (SSSR count). The molecule has 6 nitrogen and oxygen atoms in total. The van der Waals surface area contributed by atoms with Crippen molar-refractivity contribution in [1.82, 2.24) is 19.8 Å². The van der Waals surface area contributed by atoms with Crippen molar-refractivity contribution in [3.8, 4) is 5.75 Å².